The number of aromatic hydroxyl groups is 1. The number of likely N-dealkylation sites (tertiary alicyclic amines) is 1. The van der Waals surface area contributed by atoms with E-state index >= 15 is 0 Å². The van der Waals surface area contributed by atoms with Crippen LogP contribution in [0.25, 0.3) is 6.08 Å². The molecule has 2 aliphatic heterocycles. The van der Waals surface area contributed by atoms with Crippen molar-refractivity contribution in [1.82, 2.24) is 4.90 Å². The highest BCUT2D eigenvalue weighted by atomic mass is 19.1. The predicted octanol–water partition coefficient (Wildman–Crippen LogP) is 4.83. The van der Waals surface area contributed by atoms with Crippen LogP contribution in [0.15, 0.2) is 36.1 Å². The van der Waals surface area contributed by atoms with Gasteiger partial charge in [0.25, 0.3) is 0 Å². The Balaban J connectivity index is 1.71. The summed E-state index contributed by atoms with van der Waals surface area (Å²) in [7, 11) is 0. The first-order valence-electron chi connectivity index (χ1n) is 9.73. The van der Waals surface area contributed by atoms with E-state index in [2.05, 4.69) is 11.8 Å². The number of halogens is 1. The predicted molar refractivity (Wildman–Crippen MR) is 106 cm³/mol. The van der Waals surface area contributed by atoms with Gasteiger partial charge in [0.05, 0.1) is 11.1 Å². The Morgan fingerprint density at radius 1 is 1.32 bits per heavy atom. The minimum atomic E-state index is -0.370. The van der Waals surface area contributed by atoms with E-state index in [-0.39, 0.29) is 23.1 Å². The molecule has 2 aromatic carbocycles. The third kappa shape index (κ3) is 3.42. The molecule has 1 unspecified atom stereocenters. The number of hydrogen-bond acceptors (Lipinski definition) is 4. The fourth-order valence-corrected chi connectivity index (χ4v) is 4.08. The van der Waals surface area contributed by atoms with Crippen LogP contribution < -0.4 is 4.74 Å². The zero-order chi connectivity index (χ0) is 19.8. The number of phenolic OH excluding ortho intramolecular Hbond substituents is 1. The number of nitrogens with zero attached hydrogens (tertiary/aromatic N) is 1. The van der Waals surface area contributed by atoms with Crippen molar-refractivity contribution in [1.29, 1.82) is 0 Å². The second-order valence-electron chi connectivity index (χ2n) is 7.71. The minimum absolute atomic E-state index is 0.147. The van der Waals surface area contributed by atoms with Gasteiger partial charge in [-0.05, 0) is 68.6 Å². The zero-order valence-electron chi connectivity index (χ0n) is 16.2. The molecular weight excluding hydrogens is 357 g/mol. The third-order valence-electron chi connectivity index (χ3n) is 5.67. The molecule has 1 atom stereocenters. The molecule has 1 saturated heterocycles. The highest BCUT2D eigenvalue weighted by Gasteiger charge is 2.34. The summed E-state index contributed by atoms with van der Waals surface area (Å²) >= 11 is 0. The molecule has 1 fully saturated rings. The number of hydrogen-bond donors (Lipinski definition) is 1. The quantitative estimate of drug-likeness (QED) is 0.774. The number of ether oxygens (including phenoxy) is 1. The van der Waals surface area contributed by atoms with Crippen molar-refractivity contribution in [2.24, 2.45) is 0 Å². The SMILES string of the molecule is Cc1cc(O)c(CN2CCCCC2C)c2c1C(=O)/C(=C/c1cccc(F)c1)O2. The molecule has 0 radical (unpaired) electrons. The molecule has 0 spiro atoms. The fourth-order valence-electron chi connectivity index (χ4n) is 4.08. The van der Waals surface area contributed by atoms with Gasteiger partial charge in [-0.25, -0.2) is 4.39 Å². The molecule has 2 heterocycles. The van der Waals surface area contributed by atoms with Crippen molar-refractivity contribution in [2.75, 3.05) is 6.54 Å². The van der Waals surface area contributed by atoms with E-state index in [9.17, 15) is 14.3 Å². The molecule has 4 nitrogen and oxygen atoms in total. The van der Waals surface area contributed by atoms with Gasteiger partial charge < -0.3 is 9.84 Å². The molecule has 0 saturated carbocycles. The molecule has 146 valence electrons. The molecular formula is C23H24FNO3. The van der Waals surface area contributed by atoms with E-state index in [4.69, 9.17) is 4.74 Å². The molecule has 28 heavy (non-hydrogen) atoms. The number of allylic oxidation sites excluding steroid dienone is 1. The zero-order valence-corrected chi connectivity index (χ0v) is 16.2. The van der Waals surface area contributed by atoms with Gasteiger partial charge in [0.15, 0.2) is 5.76 Å². The van der Waals surface area contributed by atoms with Gasteiger partial charge in [0, 0.05) is 12.6 Å². The standard InChI is InChI=1S/C23H24FNO3/c1-14-10-19(26)18(13-25-9-4-3-6-15(25)2)23-21(14)22(27)20(28-23)12-16-7-5-8-17(24)11-16/h5,7-8,10-12,15,26H,3-4,6,9,13H2,1-2H3/b20-12-. The highest BCUT2D eigenvalue weighted by molar-refractivity contribution is 6.15. The Morgan fingerprint density at radius 3 is 2.89 bits per heavy atom. The second kappa shape index (κ2) is 7.40. The molecule has 5 heteroatoms. The lowest BCUT2D eigenvalue weighted by atomic mass is 9.97. The molecule has 2 aromatic rings. The first-order chi connectivity index (χ1) is 13.4. The number of fused-ring (bicyclic) bond motifs is 1. The van der Waals surface area contributed by atoms with Crippen LogP contribution in [0.1, 0.15) is 53.2 Å². The smallest absolute Gasteiger partial charge is 0.232 e. The molecule has 0 amide bonds. The Kier molecular flexibility index (Phi) is 4.94. The minimum Gasteiger partial charge on any atom is -0.507 e. The Morgan fingerprint density at radius 2 is 2.14 bits per heavy atom. The summed E-state index contributed by atoms with van der Waals surface area (Å²) in [6.07, 6.45) is 5.02. The number of aryl methyl sites for hydroxylation is 1. The van der Waals surface area contributed by atoms with E-state index < -0.39 is 0 Å². The van der Waals surface area contributed by atoms with Crippen LogP contribution in [0.3, 0.4) is 0 Å². The summed E-state index contributed by atoms with van der Waals surface area (Å²) in [6.45, 7) is 5.48. The maximum atomic E-state index is 13.5. The number of carbonyl (C=O) groups is 1. The van der Waals surface area contributed by atoms with Gasteiger partial charge in [0.1, 0.15) is 17.3 Å². The van der Waals surface area contributed by atoms with Gasteiger partial charge >= 0.3 is 0 Å². The van der Waals surface area contributed by atoms with E-state index in [0.29, 0.717) is 40.6 Å². The van der Waals surface area contributed by atoms with E-state index in [1.165, 1.54) is 18.6 Å². The van der Waals surface area contributed by atoms with E-state index in [0.717, 1.165) is 19.4 Å². The third-order valence-corrected chi connectivity index (χ3v) is 5.67. The van der Waals surface area contributed by atoms with Gasteiger partial charge in [-0.2, -0.15) is 0 Å². The lowest BCUT2D eigenvalue weighted by Crippen LogP contribution is -2.36. The number of benzene rings is 2. The van der Waals surface area contributed by atoms with Gasteiger partial charge in [-0.1, -0.05) is 18.6 Å². The fraction of sp³-hybridized carbons (Fsp3) is 0.348. The summed E-state index contributed by atoms with van der Waals surface area (Å²) in [6, 6.07) is 8.08. The Hall–Kier alpha value is -2.66. The summed E-state index contributed by atoms with van der Waals surface area (Å²) in [5.74, 6) is 0.134. The number of carbonyl (C=O) groups excluding carboxylic acids is 1. The molecule has 1 N–H and O–H groups in total. The average molecular weight is 381 g/mol. The van der Waals surface area contributed by atoms with Gasteiger partial charge in [-0.3, -0.25) is 9.69 Å². The molecule has 0 aliphatic carbocycles. The van der Waals surface area contributed by atoms with Crippen LogP contribution >= 0.6 is 0 Å². The van der Waals surface area contributed by atoms with Crippen molar-refractivity contribution in [3.8, 4) is 11.5 Å². The summed E-state index contributed by atoms with van der Waals surface area (Å²) in [4.78, 5) is 15.3. The van der Waals surface area contributed by atoms with Crippen LogP contribution in [0, 0.1) is 12.7 Å². The Bertz CT molecular complexity index is 967. The lowest BCUT2D eigenvalue weighted by molar-refractivity contribution is 0.101. The van der Waals surface area contributed by atoms with E-state index in [1.807, 2.05) is 0 Å². The molecule has 2 aliphatic rings. The van der Waals surface area contributed by atoms with Crippen molar-refractivity contribution in [2.45, 2.75) is 45.7 Å². The van der Waals surface area contributed by atoms with Crippen molar-refractivity contribution < 1.29 is 19.0 Å². The normalized spacial score (nSPS) is 21.0. The summed E-state index contributed by atoms with van der Waals surface area (Å²) in [5.41, 5.74) is 2.37. The topological polar surface area (TPSA) is 49.8 Å². The maximum Gasteiger partial charge on any atom is 0.232 e. The van der Waals surface area contributed by atoms with Crippen LogP contribution in [0.2, 0.25) is 0 Å². The Labute approximate surface area is 164 Å². The monoisotopic (exact) mass is 381 g/mol. The largest absolute Gasteiger partial charge is 0.507 e. The first-order valence-corrected chi connectivity index (χ1v) is 9.73. The van der Waals surface area contributed by atoms with Crippen LogP contribution in [-0.4, -0.2) is 28.4 Å². The van der Waals surface area contributed by atoms with E-state index in [1.54, 1.807) is 31.2 Å². The maximum absolute atomic E-state index is 13.5. The molecule has 0 aromatic heterocycles. The number of phenols is 1. The number of ketones is 1. The first kappa shape index (κ1) is 18.7. The van der Waals surface area contributed by atoms with Crippen molar-refractivity contribution in [3.63, 3.8) is 0 Å². The number of piperidine rings is 1. The summed E-state index contributed by atoms with van der Waals surface area (Å²) in [5, 5.41) is 10.6. The second-order valence-corrected chi connectivity index (χ2v) is 7.71. The van der Waals surface area contributed by atoms with Crippen molar-refractivity contribution >= 4 is 11.9 Å². The van der Waals surface area contributed by atoms with Crippen LogP contribution in [0.4, 0.5) is 4.39 Å². The number of rotatable bonds is 3. The highest BCUT2D eigenvalue weighted by Crippen LogP contribution is 2.42. The van der Waals surface area contributed by atoms with Crippen LogP contribution in [-0.2, 0) is 6.54 Å². The van der Waals surface area contributed by atoms with Crippen molar-refractivity contribution in [3.05, 3.63) is 64.2 Å². The lowest BCUT2D eigenvalue weighted by Gasteiger charge is -2.33. The summed E-state index contributed by atoms with van der Waals surface area (Å²) < 4.78 is 19.4. The molecule has 0 bridgehead atoms. The average Bonchev–Trinajstić information content (AvgIpc) is 2.97. The van der Waals surface area contributed by atoms with Crippen LogP contribution in [0.5, 0.6) is 11.5 Å². The van der Waals surface area contributed by atoms with Gasteiger partial charge in [-0.15, -0.1) is 0 Å². The van der Waals surface area contributed by atoms with Gasteiger partial charge in [0.2, 0.25) is 5.78 Å². The number of Topliss-reactive ketones (excluding diaryl/α,β-unsaturated/α-hetero) is 1. The molecule has 4 rings (SSSR count).